The number of fused-ring (bicyclic) bond motifs is 1. The molecule has 1 saturated heterocycles. The van der Waals surface area contributed by atoms with Gasteiger partial charge < -0.3 is 14.6 Å². The van der Waals surface area contributed by atoms with Crippen LogP contribution in [-0.4, -0.2) is 58.8 Å². The number of rotatable bonds is 6. The molecule has 2 aromatic carbocycles. The number of morpholine rings is 1. The van der Waals surface area contributed by atoms with Crippen LogP contribution in [0.15, 0.2) is 67.1 Å². The van der Waals surface area contributed by atoms with E-state index in [0.717, 1.165) is 73.1 Å². The van der Waals surface area contributed by atoms with Gasteiger partial charge in [-0.15, -0.1) is 0 Å². The lowest BCUT2D eigenvalue weighted by atomic mass is 10.1. The van der Waals surface area contributed by atoms with Crippen molar-refractivity contribution < 1.29 is 4.74 Å². The summed E-state index contributed by atoms with van der Waals surface area (Å²) in [7, 11) is 0. The topological polar surface area (TPSA) is 55.2 Å². The summed E-state index contributed by atoms with van der Waals surface area (Å²) in [6.07, 6.45) is 3.74. The van der Waals surface area contributed by atoms with Gasteiger partial charge in [-0.1, -0.05) is 48.0 Å². The maximum atomic E-state index is 6.27. The molecule has 0 unspecified atom stereocenters. The molecule has 1 N–H and O–H groups in total. The molecule has 5 rings (SSSR count). The summed E-state index contributed by atoms with van der Waals surface area (Å²) in [6, 6.07) is 18.2. The third kappa shape index (κ3) is 4.28. The molecule has 158 valence electrons. The fourth-order valence-electron chi connectivity index (χ4n) is 4.01. The van der Waals surface area contributed by atoms with E-state index in [1.807, 2.05) is 42.5 Å². The van der Waals surface area contributed by atoms with Crippen LogP contribution < -0.4 is 5.32 Å². The van der Waals surface area contributed by atoms with Gasteiger partial charge in [-0.2, -0.15) is 0 Å². The molecule has 0 aliphatic carbocycles. The molecule has 1 aliphatic heterocycles. The zero-order chi connectivity index (χ0) is 21.0. The molecule has 0 saturated carbocycles. The number of hydrogen-bond donors (Lipinski definition) is 1. The van der Waals surface area contributed by atoms with Crippen molar-refractivity contribution in [3.05, 3.63) is 72.1 Å². The van der Waals surface area contributed by atoms with Crippen molar-refractivity contribution in [1.29, 1.82) is 0 Å². The van der Waals surface area contributed by atoms with E-state index in [2.05, 4.69) is 43.1 Å². The van der Waals surface area contributed by atoms with Crippen molar-refractivity contribution in [2.45, 2.75) is 0 Å². The van der Waals surface area contributed by atoms with Crippen LogP contribution in [0.5, 0.6) is 0 Å². The number of halogens is 1. The smallest absolute Gasteiger partial charge is 0.150 e. The second-order valence-corrected chi connectivity index (χ2v) is 8.00. The average Bonchev–Trinajstić information content (AvgIpc) is 3.21. The monoisotopic (exact) mass is 433 g/mol. The van der Waals surface area contributed by atoms with Crippen LogP contribution in [0.1, 0.15) is 0 Å². The summed E-state index contributed by atoms with van der Waals surface area (Å²) < 4.78 is 7.53. The molecular formula is C24H24ClN5O. The minimum atomic E-state index is 0.693. The Kier molecular flexibility index (Phi) is 5.84. The van der Waals surface area contributed by atoms with Crippen LogP contribution in [0.3, 0.4) is 0 Å². The van der Waals surface area contributed by atoms with Crippen LogP contribution in [-0.2, 0) is 4.74 Å². The van der Waals surface area contributed by atoms with E-state index in [9.17, 15) is 0 Å². The highest BCUT2D eigenvalue weighted by atomic mass is 35.5. The second kappa shape index (κ2) is 9.06. The molecule has 3 heterocycles. The standard InChI is InChI=1S/C24H24ClN5O/c25-19-7-4-8-20(15-19)30-16-21(18-5-2-1-3-6-18)22-23(27-17-28-24(22)30)26-9-10-29-11-13-31-14-12-29/h1-8,15-17H,9-14H2,(H,26,27,28). The van der Waals surface area contributed by atoms with Gasteiger partial charge in [0, 0.05) is 48.6 Å². The molecule has 6 nitrogen and oxygen atoms in total. The SMILES string of the molecule is Clc1cccc(-n2cc(-c3ccccc3)c3c(NCCN4CCOCC4)ncnc32)c1. The maximum Gasteiger partial charge on any atom is 0.150 e. The van der Waals surface area contributed by atoms with Gasteiger partial charge in [-0.25, -0.2) is 9.97 Å². The highest BCUT2D eigenvalue weighted by Crippen LogP contribution is 2.35. The summed E-state index contributed by atoms with van der Waals surface area (Å²) in [4.78, 5) is 11.6. The Bertz CT molecular complexity index is 1170. The van der Waals surface area contributed by atoms with Crippen molar-refractivity contribution >= 4 is 28.5 Å². The number of nitrogens with one attached hydrogen (secondary N) is 1. The summed E-state index contributed by atoms with van der Waals surface area (Å²) in [5.41, 5.74) is 4.03. The van der Waals surface area contributed by atoms with Crippen LogP contribution >= 0.6 is 11.6 Å². The number of anilines is 1. The first-order chi connectivity index (χ1) is 15.3. The Balaban J connectivity index is 1.55. The molecule has 0 radical (unpaired) electrons. The maximum absolute atomic E-state index is 6.27. The average molecular weight is 434 g/mol. The predicted molar refractivity (Wildman–Crippen MR) is 125 cm³/mol. The minimum Gasteiger partial charge on any atom is -0.379 e. The summed E-state index contributed by atoms with van der Waals surface area (Å²) in [5, 5.41) is 5.25. The Labute approximate surface area is 186 Å². The highest BCUT2D eigenvalue weighted by molar-refractivity contribution is 6.30. The van der Waals surface area contributed by atoms with Crippen molar-refractivity contribution in [2.75, 3.05) is 44.7 Å². The van der Waals surface area contributed by atoms with Gasteiger partial charge in [0.1, 0.15) is 12.1 Å². The number of aromatic nitrogens is 3. The molecule has 31 heavy (non-hydrogen) atoms. The Hall–Kier alpha value is -2.93. The summed E-state index contributed by atoms with van der Waals surface area (Å²) >= 11 is 6.27. The predicted octanol–water partition coefficient (Wildman–Crippen LogP) is 4.49. The summed E-state index contributed by atoms with van der Waals surface area (Å²) in [5.74, 6) is 0.845. The van der Waals surface area contributed by atoms with Gasteiger partial charge in [0.25, 0.3) is 0 Å². The summed E-state index contributed by atoms with van der Waals surface area (Å²) in [6.45, 7) is 5.31. The van der Waals surface area contributed by atoms with E-state index in [4.69, 9.17) is 16.3 Å². The van der Waals surface area contributed by atoms with Crippen molar-refractivity contribution in [2.24, 2.45) is 0 Å². The number of benzene rings is 2. The molecule has 0 bridgehead atoms. The lowest BCUT2D eigenvalue weighted by Gasteiger charge is -2.26. The zero-order valence-electron chi connectivity index (χ0n) is 17.2. The molecule has 0 atom stereocenters. The van der Waals surface area contributed by atoms with Gasteiger partial charge in [-0.3, -0.25) is 4.90 Å². The molecule has 7 heteroatoms. The van der Waals surface area contributed by atoms with E-state index >= 15 is 0 Å². The first-order valence-corrected chi connectivity index (χ1v) is 10.9. The zero-order valence-corrected chi connectivity index (χ0v) is 17.9. The second-order valence-electron chi connectivity index (χ2n) is 7.56. The largest absolute Gasteiger partial charge is 0.379 e. The molecule has 4 aromatic rings. The minimum absolute atomic E-state index is 0.693. The van der Waals surface area contributed by atoms with E-state index in [-0.39, 0.29) is 0 Å². The van der Waals surface area contributed by atoms with Crippen LogP contribution in [0, 0.1) is 0 Å². The molecule has 1 fully saturated rings. The lowest BCUT2D eigenvalue weighted by Crippen LogP contribution is -2.39. The fourth-order valence-corrected chi connectivity index (χ4v) is 4.20. The Morgan fingerprint density at radius 1 is 1.00 bits per heavy atom. The third-order valence-corrected chi connectivity index (χ3v) is 5.81. The van der Waals surface area contributed by atoms with Crippen LogP contribution in [0.2, 0.25) is 5.02 Å². The number of ether oxygens (including phenoxy) is 1. The van der Waals surface area contributed by atoms with Gasteiger partial charge in [0.2, 0.25) is 0 Å². The van der Waals surface area contributed by atoms with Crippen molar-refractivity contribution in [1.82, 2.24) is 19.4 Å². The lowest BCUT2D eigenvalue weighted by molar-refractivity contribution is 0.0398. The highest BCUT2D eigenvalue weighted by Gasteiger charge is 2.18. The van der Waals surface area contributed by atoms with Crippen LogP contribution in [0.25, 0.3) is 27.8 Å². The molecule has 0 spiro atoms. The molecule has 2 aromatic heterocycles. The number of nitrogens with zero attached hydrogens (tertiary/aromatic N) is 4. The molecule has 0 amide bonds. The number of hydrogen-bond acceptors (Lipinski definition) is 5. The van der Waals surface area contributed by atoms with E-state index in [0.29, 0.717) is 5.02 Å². The van der Waals surface area contributed by atoms with Gasteiger partial charge in [0.05, 0.1) is 18.6 Å². The first kappa shape index (κ1) is 20.0. The fraction of sp³-hybridized carbons (Fsp3) is 0.250. The third-order valence-electron chi connectivity index (χ3n) is 5.58. The van der Waals surface area contributed by atoms with Crippen LogP contribution in [0.4, 0.5) is 5.82 Å². The normalized spacial score (nSPS) is 14.7. The molecule has 1 aliphatic rings. The van der Waals surface area contributed by atoms with Gasteiger partial charge in [-0.05, 0) is 23.8 Å². The Morgan fingerprint density at radius 2 is 1.84 bits per heavy atom. The van der Waals surface area contributed by atoms with Gasteiger partial charge in [0.15, 0.2) is 5.65 Å². The van der Waals surface area contributed by atoms with Crippen molar-refractivity contribution in [3.63, 3.8) is 0 Å². The van der Waals surface area contributed by atoms with E-state index in [1.54, 1.807) is 6.33 Å². The molecular weight excluding hydrogens is 410 g/mol. The quantitative estimate of drug-likeness (QED) is 0.485. The Morgan fingerprint density at radius 3 is 2.65 bits per heavy atom. The van der Waals surface area contributed by atoms with Crippen molar-refractivity contribution in [3.8, 4) is 16.8 Å². The van der Waals surface area contributed by atoms with E-state index in [1.165, 1.54) is 0 Å². The van der Waals surface area contributed by atoms with Gasteiger partial charge >= 0.3 is 0 Å². The van der Waals surface area contributed by atoms with E-state index < -0.39 is 0 Å². The first-order valence-electron chi connectivity index (χ1n) is 10.5.